The van der Waals surface area contributed by atoms with Crippen LogP contribution in [0.3, 0.4) is 0 Å². The first-order valence-corrected chi connectivity index (χ1v) is 4.02. The third kappa shape index (κ3) is 3.19. The molecule has 0 aromatic rings. The molecule has 1 N–H and O–H groups in total. The maximum atomic E-state index is 8.94. The lowest BCUT2D eigenvalue weighted by molar-refractivity contribution is 0.244. The number of aliphatic hydroxyl groups excluding tert-OH is 1. The van der Waals surface area contributed by atoms with Crippen molar-refractivity contribution in [3.63, 3.8) is 0 Å². The summed E-state index contributed by atoms with van der Waals surface area (Å²) in [4.78, 5) is 0. The third-order valence-corrected chi connectivity index (χ3v) is 1.59. The molecule has 1 aliphatic carbocycles. The van der Waals surface area contributed by atoms with Gasteiger partial charge in [0.2, 0.25) is 0 Å². The molecule has 0 radical (unpaired) electrons. The Bertz CT molecular complexity index is 197. The summed E-state index contributed by atoms with van der Waals surface area (Å²) in [5.41, 5.74) is 1.21. The van der Waals surface area contributed by atoms with E-state index in [1.807, 2.05) is 6.08 Å². The second-order valence-corrected chi connectivity index (χ2v) is 2.78. The molecule has 1 unspecified atom stereocenters. The standard InChI is InChI=1S/C10H14O/c1-9(11)7-8-10-5-3-2-4-6-10/h3,5-9,11H,2,4H2,1H3/b8-7+. The fourth-order valence-electron chi connectivity index (χ4n) is 1.01. The number of hydrogen-bond donors (Lipinski definition) is 1. The zero-order valence-electron chi connectivity index (χ0n) is 6.83. The molecule has 0 aromatic carbocycles. The molecular weight excluding hydrogens is 136 g/mol. The van der Waals surface area contributed by atoms with E-state index in [2.05, 4.69) is 18.2 Å². The molecule has 1 heteroatoms. The van der Waals surface area contributed by atoms with E-state index >= 15 is 0 Å². The van der Waals surface area contributed by atoms with Crippen molar-refractivity contribution in [3.05, 3.63) is 36.0 Å². The van der Waals surface area contributed by atoms with E-state index in [4.69, 9.17) is 5.11 Å². The lowest BCUT2D eigenvalue weighted by atomic mass is 10.1. The summed E-state index contributed by atoms with van der Waals surface area (Å²) in [5, 5.41) is 8.94. The Hall–Kier alpha value is -0.820. The summed E-state index contributed by atoms with van der Waals surface area (Å²) in [5.74, 6) is 0. The van der Waals surface area contributed by atoms with Crippen molar-refractivity contribution in [2.45, 2.75) is 25.9 Å². The molecule has 60 valence electrons. The topological polar surface area (TPSA) is 20.2 Å². The van der Waals surface area contributed by atoms with Crippen molar-refractivity contribution in [1.82, 2.24) is 0 Å². The first-order chi connectivity index (χ1) is 5.29. The Kier molecular flexibility index (Phi) is 3.12. The molecule has 0 bridgehead atoms. The van der Waals surface area contributed by atoms with Crippen molar-refractivity contribution in [1.29, 1.82) is 0 Å². The molecule has 0 amide bonds. The summed E-state index contributed by atoms with van der Waals surface area (Å²) >= 11 is 0. The highest BCUT2D eigenvalue weighted by Gasteiger charge is 1.92. The predicted octanol–water partition coefficient (Wildman–Crippen LogP) is 2.20. The zero-order valence-corrected chi connectivity index (χ0v) is 6.83. The Balaban J connectivity index is 2.48. The zero-order chi connectivity index (χ0) is 8.10. The largest absolute Gasteiger partial charge is 0.389 e. The Morgan fingerprint density at radius 3 is 2.91 bits per heavy atom. The maximum absolute atomic E-state index is 8.94. The average Bonchev–Trinajstić information content (AvgIpc) is 2.03. The number of aliphatic hydroxyl groups is 1. The van der Waals surface area contributed by atoms with Crippen molar-refractivity contribution in [2.75, 3.05) is 0 Å². The highest BCUT2D eigenvalue weighted by atomic mass is 16.3. The van der Waals surface area contributed by atoms with Crippen LogP contribution in [0.15, 0.2) is 36.0 Å². The van der Waals surface area contributed by atoms with Crippen LogP contribution in [0.5, 0.6) is 0 Å². The fraction of sp³-hybridized carbons (Fsp3) is 0.400. The van der Waals surface area contributed by atoms with Crippen LogP contribution < -0.4 is 0 Å². The van der Waals surface area contributed by atoms with Gasteiger partial charge in [0, 0.05) is 0 Å². The number of allylic oxidation sites excluding steroid dienone is 5. The van der Waals surface area contributed by atoms with Crippen LogP contribution >= 0.6 is 0 Å². The lowest BCUT2D eigenvalue weighted by Crippen LogP contribution is -1.92. The van der Waals surface area contributed by atoms with Crippen molar-refractivity contribution in [2.24, 2.45) is 0 Å². The van der Waals surface area contributed by atoms with Gasteiger partial charge in [-0.05, 0) is 25.3 Å². The third-order valence-electron chi connectivity index (χ3n) is 1.59. The SMILES string of the molecule is CC(O)/C=C/C1=CCCC=C1. The smallest absolute Gasteiger partial charge is 0.0696 e. The normalized spacial score (nSPS) is 20.4. The van der Waals surface area contributed by atoms with E-state index in [-0.39, 0.29) is 6.10 Å². The van der Waals surface area contributed by atoms with E-state index in [0.29, 0.717) is 0 Å². The van der Waals surface area contributed by atoms with Crippen LogP contribution in [0.25, 0.3) is 0 Å². The molecule has 1 rings (SSSR count). The molecular formula is C10H14O. The van der Waals surface area contributed by atoms with Gasteiger partial charge in [-0.15, -0.1) is 0 Å². The van der Waals surface area contributed by atoms with Gasteiger partial charge < -0.3 is 5.11 Å². The van der Waals surface area contributed by atoms with Gasteiger partial charge in [-0.2, -0.15) is 0 Å². The van der Waals surface area contributed by atoms with Gasteiger partial charge in [-0.1, -0.05) is 30.4 Å². The van der Waals surface area contributed by atoms with Gasteiger partial charge in [-0.3, -0.25) is 0 Å². The summed E-state index contributed by atoms with van der Waals surface area (Å²) in [7, 11) is 0. The Morgan fingerprint density at radius 1 is 1.55 bits per heavy atom. The van der Waals surface area contributed by atoms with Crippen LogP contribution in [0.4, 0.5) is 0 Å². The summed E-state index contributed by atoms with van der Waals surface area (Å²) < 4.78 is 0. The Labute approximate surface area is 67.7 Å². The maximum Gasteiger partial charge on any atom is 0.0696 e. The van der Waals surface area contributed by atoms with Crippen molar-refractivity contribution in [3.8, 4) is 0 Å². The molecule has 0 saturated carbocycles. The predicted molar refractivity (Wildman–Crippen MR) is 47.3 cm³/mol. The minimum Gasteiger partial charge on any atom is -0.389 e. The number of rotatable bonds is 2. The molecule has 1 aliphatic rings. The Morgan fingerprint density at radius 2 is 2.36 bits per heavy atom. The lowest BCUT2D eigenvalue weighted by Gasteiger charge is -2.01. The van der Waals surface area contributed by atoms with Crippen LogP contribution in [0.2, 0.25) is 0 Å². The summed E-state index contributed by atoms with van der Waals surface area (Å²) in [6, 6.07) is 0. The molecule has 1 nitrogen and oxygen atoms in total. The molecule has 1 atom stereocenters. The average molecular weight is 150 g/mol. The van der Waals surface area contributed by atoms with E-state index in [0.717, 1.165) is 12.8 Å². The molecule has 0 spiro atoms. The van der Waals surface area contributed by atoms with E-state index in [1.165, 1.54) is 5.57 Å². The summed E-state index contributed by atoms with van der Waals surface area (Å²) in [6.45, 7) is 1.75. The van der Waals surface area contributed by atoms with E-state index in [1.54, 1.807) is 13.0 Å². The molecule has 0 aromatic heterocycles. The monoisotopic (exact) mass is 150 g/mol. The summed E-state index contributed by atoms with van der Waals surface area (Å²) in [6.07, 6.45) is 12.1. The van der Waals surface area contributed by atoms with E-state index < -0.39 is 0 Å². The first-order valence-electron chi connectivity index (χ1n) is 4.02. The quantitative estimate of drug-likeness (QED) is 0.639. The van der Waals surface area contributed by atoms with Crippen molar-refractivity contribution < 1.29 is 5.11 Å². The van der Waals surface area contributed by atoms with Gasteiger partial charge in [0.15, 0.2) is 0 Å². The van der Waals surface area contributed by atoms with Crippen LogP contribution in [0, 0.1) is 0 Å². The van der Waals surface area contributed by atoms with Gasteiger partial charge in [-0.25, -0.2) is 0 Å². The van der Waals surface area contributed by atoms with Gasteiger partial charge in [0.25, 0.3) is 0 Å². The van der Waals surface area contributed by atoms with Gasteiger partial charge in [0.1, 0.15) is 0 Å². The second-order valence-electron chi connectivity index (χ2n) is 2.78. The highest BCUT2D eigenvalue weighted by molar-refractivity contribution is 5.32. The molecule has 0 heterocycles. The van der Waals surface area contributed by atoms with Gasteiger partial charge >= 0.3 is 0 Å². The van der Waals surface area contributed by atoms with Crippen LogP contribution in [-0.2, 0) is 0 Å². The molecule has 0 fully saturated rings. The molecule has 11 heavy (non-hydrogen) atoms. The highest BCUT2D eigenvalue weighted by Crippen LogP contribution is 2.10. The molecule has 0 saturated heterocycles. The first kappa shape index (κ1) is 8.28. The second kappa shape index (κ2) is 4.14. The minimum atomic E-state index is -0.341. The van der Waals surface area contributed by atoms with Gasteiger partial charge in [0.05, 0.1) is 6.10 Å². The van der Waals surface area contributed by atoms with Crippen molar-refractivity contribution >= 4 is 0 Å². The minimum absolute atomic E-state index is 0.341. The fourth-order valence-corrected chi connectivity index (χ4v) is 1.01. The van der Waals surface area contributed by atoms with Crippen LogP contribution in [0.1, 0.15) is 19.8 Å². The molecule has 0 aliphatic heterocycles. The van der Waals surface area contributed by atoms with Crippen LogP contribution in [-0.4, -0.2) is 11.2 Å². The number of hydrogen-bond acceptors (Lipinski definition) is 1. The van der Waals surface area contributed by atoms with E-state index in [9.17, 15) is 0 Å².